The lowest BCUT2D eigenvalue weighted by Crippen LogP contribution is -2.13. The van der Waals surface area contributed by atoms with Gasteiger partial charge in [0.05, 0.1) is 12.3 Å². The molecule has 0 radical (unpaired) electrons. The number of hydrogen-bond acceptors (Lipinski definition) is 2. The van der Waals surface area contributed by atoms with Crippen LogP contribution < -0.4 is 5.32 Å². The molecule has 0 saturated carbocycles. The molecule has 0 heterocycles. The Bertz CT molecular complexity index is 344. The summed E-state index contributed by atoms with van der Waals surface area (Å²) in [6, 6.07) is 4.01. The van der Waals surface area contributed by atoms with Gasteiger partial charge in [-0.3, -0.25) is 5.32 Å². The fraction of sp³-hybridized carbons (Fsp3) is 0.222. The van der Waals surface area contributed by atoms with Crippen LogP contribution in [-0.2, 0) is 4.74 Å². The average molecular weight is 262 g/mol. The molecule has 5 heteroatoms. The molecule has 14 heavy (non-hydrogen) atoms. The van der Waals surface area contributed by atoms with Crippen LogP contribution >= 0.6 is 15.9 Å². The number of halogens is 2. The number of nitrogens with one attached hydrogen (secondary N) is 1. The molecule has 0 atom stereocenters. The molecule has 0 aromatic heterocycles. The van der Waals surface area contributed by atoms with Crippen molar-refractivity contribution in [3.8, 4) is 0 Å². The molecular formula is C9H9BrFNO2. The van der Waals surface area contributed by atoms with Crippen LogP contribution in [0.1, 0.15) is 6.92 Å². The monoisotopic (exact) mass is 261 g/mol. The predicted octanol–water partition coefficient (Wildman–Crippen LogP) is 3.16. The first kappa shape index (κ1) is 11.0. The van der Waals surface area contributed by atoms with Crippen LogP contribution in [0.15, 0.2) is 22.7 Å². The molecule has 3 nitrogen and oxygen atoms in total. The predicted molar refractivity (Wildman–Crippen MR) is 54.7 cm³/mol. The molecule has 1 aromatic carbocycles. The van der Waals surface area contributed by atoms with Gasteiger partial charge in [0.15, 0.2) is 0 Å². The Morgan fingerprint density at radius 2 is 2.36 bits per heavy atom. The van der Waals surface area contributed by atoms with Gasteiger partial charge in [0.2, 0.25) is 0 Å². The zero-order valence-electron chi connectivity index (χ0n) is 7.51. The first-order valence-corrected chi connectivity index (χ1v) is 4.81. The first-order chi connectivity index (χ1) is 6.63. The summed E-state index contributed by atoms with van der Waals surface area (Å²) in [5, 5.41) is 2.40. The summed E-state index contributed by atoms with van der Waals surface area (Å²) >= 11 is 3.17. The minimum Gasteiger partial charge on any atom is -0.450 e. The van der Waals surface area contributed by atoms with E-state index in [0.29, 0.717) is 10.2 Å². The minimum absolute atomic E-state index is 0.277. The van der Waals surface area contributed by atoms with Crippen LogP contribution in [0.25, 0.3) is 0 Å². The van der Waals surface area contributed by atoms with E-state index in [1.807, 2.05) is 0 Å². The maximum Gasteiger partial charge on any atom is 0.411 e. The van der Waals surface area contributed by atoms with Crippen molar-refractivity contribution in [3.05, 3.63) is 28.5 Å². The van der Waals surface area contributed by atoms with Crippen molar-refractivity contribution in [2.75, 3.05) is 11.9 Å². The van der Waals surface area contributed by atoms with Crippen molar-refractivity contribution in [1.82, 2.24) is 0 Å². The highest BCUT2D eigenvalue weighted by atomic mass is 79.9. The molecule has 0 aliphatic rings. The quantitative estimate of drug-likeness (QED) is 0.888. The first-order valence-electron chi connectivity index (χ1n) is 4.02. The van der Waals surface area contributed by atoms with Crippen molar-refractivity contribution in [3.63, 3.8) is 0 Å². The molecule has 0 fully saturated rings. The van der Waals surface area contributed by atoms with Crippen LogP contribution in [0, 0.1) is 5.82 Å². The summed E-state index contributed by atoms with van der Waals surface area (Å²) < 4.78 is 18.0. The second-order valence-electron chi connectivity index (χ2n) is 2.47. The van der Waals surface area contributed by atoms with E-state index in [4.69, 9.17) is 0 Å². The lowest BCUT2D eigenvalue weighted by molar-refractivity contribution is 0.168. The molecule has 1 aromatic rings. The lowest BCUT2D eigenvalue weighted by Gasteiger charge is -2.06. The van der Waals surface area contributed by atoms with E-state index in [2.05, 4.69) is 26.0 Å². The molecule has 0 saturated heterocycles. The van der Waals surface area contributed by atoms with E-state index in [1.54, 1.807) is 6.92 Å². The Morgan fingerprint density at radius 1 is 1.64 bits per heavy atom. The summed E-state index contributed by atoms with van der Waals surface area (Å²) in [7, 11) is 0. The minimum atomic E-state index is -0.598. The van der Waals surface area contributed by atoms with Gasteiger partial charge in [0.1, 0.15) is 5.82 Å². The highest BCUT2D eigenvalue weighted by Gasteiger charge is 2.06. The fourth-order valence-electron chi connectivity index (χ4n) is 0.870. The number of rotatable bonds is 2. The van der Waals surface area contributed by atoms with Gasteiger partial charge in [-0.15, -0.1) is 0 Å². The molecule has 76 valence electrons. The Kier molecular flexibility index (Phi) is 3.88. The third-order valence-corrected chi connectivity index (χ3v) is 2.13. The number of amides is 1. The van der Waals surface area contributed by atoms with Crippen LogP contribution in [0.4, 0.5) is 14.9 Å². The highest BCUT2D eigenvalue weighted by Crippen LogP contribution is 2.22. The summed E-state index contributed by atoms with van der Waals surface area (Å²) in [4.78, 5) is 11.0. The number of carbonyl (C=O) groups is 1. The molecule has 0 bridgehead atoms. The third-order valence-electron chi connectivity index (χ3n) is 1.44. The molecule has 1 amide bonds. The van der Waals surface area contributed by atoms with Crippen LogP contribution in [0.3, 0.4) is 0 Å². The van der Waals surface area contributed by atoms with Crippen molar-refractivity contribution in [2.45, 2.75) is 6.92 Å². The number of benzene rings is 1. The van der Waals surface area contributed by atoms with Gasteiger partial charge in [-0.25, -0.2) is 9.18 Å². The van der Waals surface area contributed by atoms with Gasteiger partial charge in [0.25, 0.3) is 0 Å². The van der Waals surface area contributed by atoms with Crippen molar-refractivity contribution >= 4 is 27.7 Å². The second kappa shape index (κ2) is 4.95. The van der Waals surface area contributed by atoms with Crippen molar-refractivity contribution in [1.29, 1.82) is 0 Å². The van der Waals surface area contributed by atoms with E-state index in [9.17, 15) is 9.18 Å². The van der Waals surface area contributed by atoms with Gasteiger partial charge in [0, 0.05) is 4.47 Å². The summed E-state index contributed by atoms with van der Waals surface area (Å²) in [5.74, 6) is -0.417. The smallest absolute Gasteiger partial charge is 0.411 e. The van der Waals surface area contributed by atoms with Crippen LogP contribution in [0.2, 0.25) is 0 Å². The van der Waals surface area contributed by atoms with Crippen LogP contribution in [-0.4, -0.2) is 12.7 Å². The second-order valence-corrected chi connectivity index (χ2v) is 3.32. The Hall–Kier alpha value is -1.10. The average Bonchev–Trinajstić information content (AvgIpc) is 2.12. The summed E-state index contributed by atoms with van der Waals surface area (Å²) in [6.45, 7) is 1.97. The molecule has 0 aliphatic heterocycles. The van der Waals surface area contributed by atoms with Crippen molar-refractivity contribution in [2.24, 2.45) is 0 Å². The standard InChI is InChI=1S/C9H9BrFNO2/c1-2-14-9(13)12-8-5-6(11)3-4-7(8)10/h3-5H,2H2,1H3,(H,12,13). The molecular weight excluding hydrogens is 253 g/mol. The highest BCUT2D eigenvalue weighted by molar-refractivity contribution is 9.10. The molecule has 1 rings (SSSR count). The SMILES string of the molecule is CCOC(=O)Nc1cc(F)ccc1Br. The number of ether oxygens (including phenoxy) is 1. The topological polar surface area (TPSA) is 38.3 Å². The van der Waals surface area contributed by atoms with Crippen LogP contribution in [0.5, 0.6) is 0 Å². The summed E-state index contributed by atoms with van der Waals surface area (Å²) in [5.41, 5.74) is 0.350. The van der Waals surface area contributed by atoms with E-state index in [1.165, 1.54) is 18.2 Å². The zero-order valence-corrected chi connectivity index (χ0v) is 9.10. The number of anilines is 1. The molecule has 0 aliphatic carbocycles. The lowest BCUT2D eigenvalue weighted by atomic mass is 10.3. The van der Waals surface area contributed by atoms with E-state index < -0.39 is 11.9 Å². The van der Waals surface area contributed by atoms with Gasteiger partial charge in [-0.05, 0) is 41.1 Å². The van der Waals surface area contributed by atoms with E-state index >= 15 is 0 Å². The molecule has 0 unspecified atom stereocenters. The Balaban J connectivity index is 2.75. The summed E-state index contributed by atoms with van der Waals surface area (Å²) in [6.07, 6.45) is -0.598. The number of hydrogen-bond donors (Lipinski definition) is 1. The normalized spacial score (nSPS) is 9.64. The van der Waals surface area contributed by atoms with Gasteiger partial charge in [-0.2, -0.15) is 0 Å². The van der Waals surface area contributed by atoms with Crippen molar-refractivity contribution < 1.29 is 13.9 Å². The molecule has 0 spiro atoms. The van der Waals surface area contributed by atoms with Gasteiger partial charge in [-0.1, -0.05) is 0 Å². The Labute approximate surface area is 89.4 Å². The van der Waals surface area contributed by atoms with Gasteiger partial charge < -0.3 is 4.74 Å². The maximum absolute atomic E-state index is 12.8. The van der Waals surface area contributed by atoms with E-state index in [-0.39, 0.29) is 6.61 Å². The van der Waals surface area contributed by atoms with Gasteiger partial charge >= 0.3 is 6.09 Å². The largest absolute Gasteiger partial charge is 0.450 e. The Morgan fingerprint density at radius 3 is 3.00 bits per heavy atom. The zero-order chi connectivity index (χ0) is 10.6. The van der Waals surface area contributed by atoms with E-state index in [0.717, 1.165) is 0 Å². The fourth-order valence-corrected chi connectivity index (χ4v) is 1.22. The number of carbonyl (C=O) groups excluding carboxylic acids is 1. The third kappa shape index (κ3) is 2.99. The maximum atomic E-state index is 12.8. The molecule has 1 N–H and O–H groups in total.